The molecule has 2 aliphatic heterocycles. The van der Waals surface area contributed by atoms with Crippen LogP contribution in [0.3, 0.4) is 0 Å². The zero-order valence-electron chi connectivity index (χ0n) is 6.69. The van der Waals surface area contributed by atoms with E-state index in [4.69, 9.17) is 0 Å². The van der Waals surface area contributed by atoms with Gasteiger partial charge in [-0.25, -0.2) is 0 Å². The lowest BCUT2D eigenvalue weighted by molar-refractivity contribution is 0.0671. The normalized spacial score (nSPS) is 32.1. The minimum atomic E-state index is 0. The van der Waals surface area contributed by atoms with Gasteiger partial charge in [0.2, 0.25) is 0 Å². The molecule has 0 atom stereocenters. The molecule has 1 N–H and O–H groups in total. The zero-order valence-corrected chi connectivity index (χ0v) is 6.69. The molecule has 0 unspecified atom stereocenters. The Labute approximate surface area is 64.1 Å². The van der Waals surface area contributed by atoms with E-state index >= 15 is 0 Å². The molecule has 2 heteroatoms. The second-order valence-corrected chi connectivity index (χ2v) is 3.91. The third-order valence-electron chi connectivity index (χ3n) is 3.05. The Balaban J connectivity index is 0.000000605. The first kappa shape index (κ1) is 6.62. The molecule has 0 bridgehead atoms. The van der Waals surface area contributed by atoms with Gasteiger partial charge in [-0.15, -0.1) is 0 Å². The largest absolute Gasteiger partial charge is 0.316 e. The summed E-state index contributed by atoms with van der Waals surface area (Å²) in [5.41, 5.74) is 0.729. The maximum Gasteiger partial charge on any atom is 0.00212 e. The molecule has 0 saturated carbocycles. The lowest BCUT2D eigenvalue weighted by Crippen LogP contribution is -2.57. The Morgan fingerprint density at radius 3 is 2.30 bits per heavy atom. The van der Waals surface area contributed by atoms with E-state index in [9.17, 15) is 0 Å². The van der Waals surface area contributed by atoms with Gasteiger partial charge in [0.15, 0.2) is 0 Å². The van der Waals surface area contributed by atoms with Crippen LogP contribution in [0.1, 0.15) is 14.3 Å². The van der Waals surface area contributed by atoms with Crippen LogP contribution in [0.25, 0.3) is 0 Å². The van der Waals surface area contributed by atoms with Crippen LogP contribution in [0.5, 0.6) is 0 Å². The monoisotopic (exact) mass is 142 g/mol. The van der Waals surface area contributed by atoms with E-state index in [1.807, 2.05) is 0 Å². The van der Waals surface area contributed by atoms with Crippen molar-refractivity contribution in [3.05, 3.63) is 0 Å². The standard InChI is InChI=1S/C8H16N2.H2/c1-10-4-2-8(3-5-10)6-9-7-8;/h9H,2-7H2,1H3;1H. The van der Waals surface area contributed by atoms with Gasteiger partial charge in [-0.1, -0.05) is 0 Å². The Hall–Kier alpha value is -0.0800. The molecule has 2 nitrogen and oxygen atoms in total. The Bertz CT molecular complexity index is 124. The van der Waals surface area contributed by atoms with E-state index < -0.39 is 0 Å². The summed E-state index contributed by atoms with van der Waals surface area (Å²) in [5, 5.41) is 3.37. The van der Waals surface area contributed by atoms with Crippen LogP contribution in [0.4, 0.5) is 0 Å². The van der Waals surface area contributed by atoms with Crippen molar-refractivity contribution in [3.8, 4) is 0 Å². The van der Waals surface area contributed by atoms with Crippen molar-refractivity contribution in [1.82, 2.24) is 10.2 Å². The van der Waals surface area contributed by atoms with Gasteiger partial charge in [0, 0.05) is 14.5 Å². The van der Waals surface area contributed by atoms with Gasteiger partial charge in [-0.05, 0) is 38.4 Å². The molecule has 10 heavy (non-hydrogen) atoms. The minimum absolute atomic E-state index is 0. The first-order valence-electron chi connectivity index (χ1n) is 4.20. The summed E-state index contributed by atoms with van der Waals surface area (Å²) >= 11 is 0. The summed E-state index contributed by atoms with van der Waals surface area (Å²) in [5.74, 6) is 0. The molecular formula is C8H18N2. The summed E-state index contributed by atoms with van der Waals surface area (Å²) < 4.78 is 0. The van der Waals surface area contributed by atoms with E-state index in [0.717, 1.165) is 5.41 Å². The van der Waals surface area contributed by atoms with Crippen LogP contribution in [0.15, 0.2) is 0 Å². The van der Waals surface area contributed by atoms with Crippen molar-refractivity contribution in [2.24, 2.45) is 5.41 Å². The van der Waals surface area contributed by atoms with Crippen molar-refractivity contribution < 1.29 is 1.43 Å². The third kappa shape index (κ3) is 0.956. The van der Waals surface area contributed by atoms with Gasteiger partial charge < -0.3 is 10.2 Å². The van der Waals surface area contributed by atoms with Gasteiger partial charge in [-0.2, -0.15) is 0 Å². The van der Waals surface area contributed by atoms with Crippen molar-refractivity contribution in [1.29, 1.82) is 0 Å². The highest BCUT2D eigenvalue weighted by Gasteiger charge is 2.38. The summed E-state index contributed by atoms with van der Waals surface area (Å²) in [4.78, 5) is 2.43. The highest BCUT2D eigenvalue weighted by Crippen LogP contribution is 2.34. The third-order valence-corrected chi connectivity index (χ3v) is 3.05. The molecule has 0 aromatic carbocycles. The first-order chi connectivity index (χ1) is 4.81. The topological polar surface area (TPSA) is 15.3 Å². The first-order valence-corrected chi connectivity index (χ1v) is 4.20. The van der Waals surface area contributed by atoms with Crippen molar-refractivity contribution >= 4 is 0 Å². The predicted octanol–water partition coefficient (Wildman–Crippen LogP) is 0.548. The van der Waals surface area contributed by atoms with Crippen LogP contribution in [-0.4, -0.2) is 38.1 Å². The molecule has 2 aliphatic rings. The average molecular weight is 142 g/mol. The molecule has 0 amide bonds. The molecule has 2 saturated heterocycles. The van der Waals surface area contributed by atoms with Crippen LogP contribution >= 0.6 is 0 Å². The van der Waals surface area contributed by atoms with E-state index in [-0.39, 0.29) is 1.43 Å². The molecule has 0 aliphatic carbocycles. The fourth-order valence-electron chi connectivity index (χ4n) is 1.92. The Kier molecular flexibility index (Phi) is 1.46. The number of nitrogens with zero attached hydrogens (tertiary/aromatic N) is 1. The maximum atomic E-state index is 3.37. The molecule has 1 spiro atoms. The van der Waals surface area contributed by atoms with E-state index in [1.165, 1.54) is 39.0 Å². The Morgan fingerprint density at radius 2 is 1.90 bits per heavy atom. The maximum absolute atomic E-state index is 3.37. The van der Waals surface area contributed by atoms with Crippen LogP contribution in [-0.2, 0) is 0 Å². The highest BCUT2D eigenvalue weighted by molar-refractivity contribution is 4.95. The lowest BCUT2D eigenvalue weighted by Gasteiger charge is -2.47. The molecule has 2 fully saturated rings. The van der Waals surface area contributed by atoms with Gasteiger partial charge in [0.05, 0.1) is 0 Å². The van der Waals surface area contributed by atoms with Gasteiger partial charge >= 0.3 is 0 Å². The van der Waals surface area contributed by atoms with E-state index in [2.05, 4.69) is 17.3 Å². The summed E-state index contributed by atoms with van der Waals surface area (Å²) in [6.07, 6.45) is 2.83. The number of likely N-dealkylation sites (tertiary alicyclic amines) is 1. The molecule has 2 heterocycles. The molecule has 0 aromatic heterocycles. The second-order valence-electron chi connectivity index (χ2n) is 3.91. The van der Waals surface area contributed by atoms with Crippen molar-refractivity contribution in [3.63, 3.8) is 0 Å². The van der Waals surface area contributed by atoms with E-state index in [0.29, 0.717) is 0 Å². The average Bonchev–Trinajstić information content (AvgIpc) is 1.86. The van der Waals surface area contributed by atoms with E-state index in [1.54, 1.807) is 0 Å². The summed E-state index contributed by atoms with van der Waals surface area (Å²) in [7, 11) is 2.22. The fourth-order valence-corrected chi connectivity index (χ4v) is 1.92. The van der Waals surface area contributed by atoms with Gasteiger partial charge in [-0.3, -0.25) is 0 Å². The highest BCUT2D eigenvalue weighted by atomic mass is 15.1. The van der Waals surface area contributed by atoms with Crippen LogP contribution in [0, 0.1) is 5.41 Å². The van der Waals surface area contributed by atoms with Gasteiger partial charge in [0.1, 0.15) is 0 Å². The van der Waals surface area contributed by atoms with Crippen LogP contribution < -0.4 is 5.32 Å². The number of hydrogen-bond acceptors (Lipinski definition) is 2. The minimum Gasteiger partial charge on any atom is -0.316 e. The van der Waals surface area contributed by atoms with Crippen molar-refractivity contribution in [2.45, 2.75) is 12.8 Å². The molecule has 0 radical (unpaired) electrons. The number of nitrogens with one attached hydrogen (secondary N) is 1. The second kappa shape index (κ2) is 2.21. The predicted molar refractivity (Wildman–Crippen MR) is 44.1 cm³/mol. The summed E-state index contributed by atoms with van der Waals surface area (Å²) in [6.45, 7) is 5.17. The number of rotatable bonds is 0. The van der Waals surface area contributed by atoms with Gasteiger partial charge in [0.25, 0.3) is 0 Å². The SMILES string of the molecule is CN1CCC2(CC1)CNC2.[HH]. The molecule has 2 rings (SSSR count). The Morgan fingerprint density at radius 1 is 1.30 bits per heavy atom. The molecule has 0 aromatic rings. The lowest BCUT2D eigenvalue weighted by atomic mass is 9.74. The fraction of sp³-hybridized carbons (Fsp3) is 1.00. The van der Waals surface area contributed by atoms with Crippen molar-refractivity contribution in [2.75, 3.05) is 33.2 Å². The molecular weight excluding hydrogens is 124 g/mol. The van der Waals surface area contributed by atoms with Crippen LogP contribution in [0.2, 0.25) is 0 Å². The smallest absolute Gasteiger partial charge is 0.00212 e. The quantitative estimate of drug-likeness (QED) is 0.531. The summed E-state index contributed by atoms with van der Waals surface area (Å²) in [6, 6.07) is 0. The zero-order chi connectivity index (χ0) is 7.03. The number of hydrogen-bond donors (Lipinski definition) is 1. The number of piperidine rings is 1. The molecule has 60 valence electrons.